The Morgan fingerprint density at radius 3 is 2.43 bits per heavy atom. The average molecular weight is 463 g/mol. The lowest BCUT2D eigenvalue weighted by molar-refractivity contribution is -0.115. The summed E-state index contributed by atoms with van der Waals surface area (Å²) in [5, 5.41) is 3.43. The van der Waals surface area contributed by atoms with Gasteiger partial charge in [0.05, 0.1) is 4.90 Å². The van der Waals surface area contributed by atoms with Crippen LogP contribution in [0.15, 0.2) is 70.6 Å². The third-order valence-electron chi connectivity index (χ3n) is 3.88. The maximum absolute atomic E-state index is 12.5. The highest BCUT2D eigenvalue weighted by atomic mass is 35.5. The number of halogens is 1. The minimum atomic E-state index is -3.82. The standard InChI is InChI=1S/C20H19ClN4O3S2/c1-14-10-12-22-20(23-14)25-30(27,28)18-8-4-16(5-9-18)24-19(26)11-13-29-17-6-2-15(21)3-7-17/h2-10,12H,11,13H2,1H3,(H,24,26)(H,22,23,25). The molecule has 0 saturated carbocycles. The van der Waals surface area contributed by atoms with E-state index in [2.05, 4.69) is 20.0 Å². The van der Waals surface area contributed by atoms with Crippen molar-refractivity contribution in [1.29, 1.82) is 0 Å². The predicted octanol–water partition coefficient (Wildman–Crippen LogP) is 4.36. The van der Waals surface area contributed by atoms with Crippen LogP contribution in [0.1, 0.15) is 12.1 Å². The molecule has 0 unspecified atom stereocenters. The van der Waals surface area contributed by atoms with Crippen molar-refractivity contribution < 1.29 is 13.2 Å². The molecule has 2 N–H and O–H groups in total. The molecule has 0 aliphatic heterocycles. The van der Waals surface area contributed by atoms with Crippen molar-refractivity contribution in [2.45, 2.75) is 23.1 Å². The molecule has 1 heterocycles. The second-order valence-electron chi connectivity index (χ2n) is 6.25. The van der Waals surface area contributed by atoms with Crippen molar-refractivity contribution in [3.63, 3.8) is 0 Å². The normalized spacial score (nSPS) is 11.1. The molecule has 2 aromatic carbocycles. The minimum Gasteiger partial charge on any atom is -0.326 e. The lowest BCUT2D eigenvalue weighted by Gasteiger charge is -2.09. The Morgan fingerprint density at radius 2 is 1.77 bits per heavy atom. The number of sulfonamides is 1. The summed E-state index contributed by atoms with van der Waals surface area (Å²) in [5.41, 5.74) is 1.16. The molecule has 0 aliphatic carbocycles. The Hall–Kier alpha value is -2.62. The van der Waals surface area contributed by atoms with E-state index in [9.17, 15) is 13.2 Å². The monoisotopic (exact) mass is 462 g/mol. The number of nitrogens with zero attached hydrogens (tertiary/aromatic N) is 2. The number of aryl methyl sites for hydroxylation is 1. The lowest BCUT2D eigenvalue weighted by atomic mass is 10.3. The third-order valence-corrected chi connectivity index (χ3v) is 6.49. The summed E-state index contributed by atoms with van der Waals surface area (Å²) in [7, 11) is -3.82. The second-order valence-corrected chi connectivity index (χ2v) is 9.54. The first-order valence-corrected chi connectivity index (χ1v) is 11.8. The van der Waals surface area contributed by atoms with Crippen LogP contribution < -0.4 is 10.0 Å². The molecule has 3 aromatic rings. The van der Waals surface area contributed by atoms with Gasteiger partial charge in [0.1, 0.15) is 0 Å². The molecule has 0 spiro atoms. The topological polar surface area (TPSA) is 101 Å². The summed E-state index contributed by atoms with van der Waals surface area (Å²) < 4.78 is 27.2. The first-order valence-electron chi connectivity index (χ1n) is 8.92. The van der Waals surface area contributed by atoms with E-state index in [1.807, 2.05) is 12.1 Å². The summed E-state index contributed by atoms with van der Waals surface area (Å²) in [6.45, 7) is 1.74. The van der Waals surface area contributed by atoms with Gasteiger partial charge in [-0.2, -0.15) is 0 Å². The molecule has 1 amide bonds. The smallest absolute Gasteiger partial charge is 0.264 e. The highest BCUT2D eigenvalue weighted by Crippen LogP contribution is 2.21. The quantitative estimate of drug-likeness (QED) is 0.482. The minimum absolute atomic E-state index is 0.00515. The van der Waals surface area contributed by atoms with Crippen LogP contribution in [-0.2, 0) is 14.8 Å². The van der Waals surface area contributed by atoms with E-state index in [0.29, 0.717) is 28.6 Å². The van der Waals surface area contributed by atoms with Crippen LogP contribution in [0.25, 0.3) is 0 Å². The van der Waals surface area contributed by atoms with Crippen molar-refractivity contribution in [2.75, 3.05) is 15.8 Å². The first kappa shape index (κ1) is 22.1. The fourth-order valence-electron chi connectivity index (χ4n) is 2.41. The first-order chi connectivity index (χ1) is 14.3. The van der Waals surface area contributed by atoms with Crippen molar-refractivity contribution in [3.8, 4) is 0 Å². The van der Waals surface area contributed by atoms with E-state index in [1.54, 1.807) is 36.9 Å². The molecule has 0 fully saturated rings. The molecule has 156 valence electrons. The van der Waals surface area contributed by atoms with Crippen LogP contribution in [0.5, 0.6) is 0 Å². The van der Waals surface area contributed by atoms with Crippen molar-refractivity contribution >= 4 is 50.9 Å². The SMILES string of the molecule is Cc1ccnc(NS(=O)(=O)c2ccc(NC(=O)CCSc3ccc(Cl)cc3)cc2)n1. The van der Waals surface area contributed by atoms with Crippen LogP contribution >= 0.6 is 23.4 Å². The van der Waals surface area contributed by atoms with E-state index < -0.39 is 10.0 Å². The second kappa shape index (κ2) is 9.92. The van der Waals surface area contributed by atoms with Gasteiger partial charge in [0.25, 0.3) is 10.0 Å². The van der Waals surface area contributed by atoms with Gasteiger partial charge in [0.15, 0.2) is 0 Å². The highest BCUT2D eigenvalue weighted by molar-refractivity contribution is 7.99. The Bertz CT molecular complexity index is 1120. The highest BCUT2D eigenvalue weighted by Gasteiger charge is 2.16. The van der Waals surface area contributed by atoms with Gasteiger partial charge in [-0.15, -0.1) is 11.8 Å². The molecule has 0 saturated heterocycles. The fourth-order valence-corrected chi connectivity index (χ4v) is 4.34. The van der Waals surface area contributed by atoms with Crippen molar-refractivity contribution in [3.05, 3.63) is 71.5 Å². The van der Waals surface area contributed by atoms with Gasteiger partial charge in [0.2, 0.25) is 11.9 Å². The van der Waals surface area contributed by atoms with Crippen molar-refractivity contribution in [1.82, 2.24) is 9.97 Å². The number of benzene rings is 2. The zero-order valence-electron chi connectivity index (χ0n) is 16.0. The third kappa shape index (κ3) is 6.45. The van der Waals surface area contributed by atoms with Crippen LogP contribution in [0, 0.1) is 6.92 Å². The zero-order valence-corrected chi connectivity index (χ0v) is 18.4. The number of amides is 1. The summed E-state index contributed by atoms with van der Waals surface area (Å²) in [4.78, 5) is 21.1. The van der Waals surface area contributed by atoms with E-state index >= 15 is 0 Å². The van der Waals surface area contributed by atoms with Crippen LogP contribution in [0.4, 0.5) is 11.6 Å². The Labute approximate surface area is 184 Å². The van der Waals surface area contributed by atoms with Gasteiger partial charge in [-0.1, -0.05) is 11.6 Å². The van der Waals surface area contributed by atoms with Crippen LogP contribution in [0.3, 0.4) is 0 Å². The summed E-state index contributed by atoms with van der Waals surface area (Å²) >= 11 is 7.41. The van der Waals surface area contributed by atoms with Gasteiger partial charge in [-0.05, 0) is 61.5 Å². The molecule has 0 aliphatic rings. The molecule has 0 bridgehead atoms. The number of hydrogen-bond donors (Lipinski definition) is 2. The number of rotatable bonds is 8. The van der Waals surface area contributed by atoms with Crippen LogP contribution in [0.2, 0.25) is 5.02 Å². The van der Waals surface area contributed by atoms with Crippen molar-refractivity contribution in [2.24, 2.45) is 0 Å². The predicted molar refractivity (Wildman–Crippen MR) is 119 cm³/mol. The van der Waals surface area contributed by atoms with Gasteiger partial charge in [-0.3, -0.25) is 4.79 Å². The average Bonchev–Trinajstić information content (AvgIpc) is 2.69. The number of aromatic nitrogens is 2. The van der Waals surface area contributed by atoms with Gasteiger partial charge in [-0.25, -0.2) is 23.1 Å². The van der Waals surface area contributed by atoms with Gasteiger partial charge >= 0.3 is 0 Å². The number of anilines is 2. The molecule has 10 heteroatoms. The molecule has 7 nitrogen and oxygen atoms in total. The molecule has 1 aromatic heterocycles. The van der Waals surface area contributed by atoms with Gasteiger partial charge in [0, 0.05) is 39.7 Å². The zero-order chi connectivity index (χ0) is 21.6. The number of hydrogen-bond acceptors (Lipinski definition) is 6. The fraction of sp³-hybridized carbons (Fsp3) is 0.150. The molecule has 30 heavy (non-hydrogen) atoms. The number of thioether (sulfide) groups is 1. The van der Waals surface area contributed by atoms with Gasteiger partial charge < -0.3 is 5.32 Å². The summed E-state index contributed by atoms with van der Waals surface area (Å²) in [6.07, 6.45) is 1.80. The lowest BCUT2D eigenvalue weighted by Crippen LogP contribution is -2.16. The van der Waals surface area contributed by atoms with E-state index in [-0.39, 0.29) is 16.8 Å². The van der Waals surface area contributed by atoms with Crippen LogP contribution in [-0.4, -0.2) is 30.0 Å². The Kier molecular flexibility index (Phi) is 7.30. The summed E-state index contributed by atoms with van der Waals surface area (Å²) in [6, 6.07) is 15.0. The Morgan fingerprint density at radius 1 is 1.07 bits per heavy atom. The maximum atomic E-state index is 12.5. The van der Waals surface area contributed by atoms with E-state index in [0.717, 1.165) is 4.90 Å². The molecule has 3 rings (SSSR count). The largest absolute Gasteiger partial charge is 0.326 e. The number of carbonyl (C=O) groups excluding carboxylic acids is 1. The number of carbonyl (C=O) groups is 1. The Balaban J connectivity index is 1.53. The summed E-state index contributed by atoms with van der Waals surface area (Å²) in [5.74, 6) is 0.462. The molecular weight excluding hydrogens is 444 g/mol. The van der Waals surface area contributed by atoms with E-state index in [4.69, 9.17) is 11.6 Å². The molecule has 0 atom stereocenters. The molecule has 0 radical (unpaired) electrons. The van der Waals surface area contributed by atoms with E-state index in [1.165, 1.54) is 30.5 Å². The number of nitrogens with one attached hydrogen (secondary N) is 2. The maximum Gasteiger partial charge on any atom is 0.264 e. The molecular formula is C20H19ClN4O3S2.